The molecule has 26 heavy (non-hydrogen) atoms. The molecule has 0 aliphatic carbocycles. The van der Waals surface area contributed by atoms with Gasteiger partial charge in [0, 0.05) is 6.04 Å². The number of benzene rings is 2. The molecule has 0 radical (unpaired) electrons. The molecule has 0 amide bonds. The van der Waals surface area contributed by atoms with E-state index < -0.39 is 7.37 Å². The lowest BCUT2D eigenvalue weighted by Gasteiger charge is -2.19. The highest BCUT2D eigenvalue weighted by atomic mass is 31.2. The van der Waals surface area contributed by atoms with Gasteiger partial charge in [-0.1, -0.05) is 55.8 Å². The van der Waals surface area contributed by atoms with Crippen LogP contribution in [0.4, 0.5) is 0 Å². The molecule has 5 heteroatoms. The second-order valence-electron chi connectivity index (χ2n) is 6.74. The third-order valence-electron chi connectivity index (χ3n) is 4.00. The average Bonchev–Trinajstić information content (AvgIpc) is 2.62. The summed E-state index contributed by atoms with van der Waals surface area (Å²) in [7, 11) is -2.91. The van der Waals surface area contributed by atoms with Gasteiger partial charge in [-0.25, -0.2) is 0 Å². The van der Waals surface area contributed by atoms with Crippen LogP contribution in [0.1, 0.15) is 37.8 Å². The fraction of sp³-hybridized carbons (Fsp3) is 0.429. The van der Waals surface area contributed by atoms with Gasteiger partial charge in [-0.05, 0) is 43.0 Å². The van der Waals surface area contributed by atoms with E-state index in [2.05, 4.69) is 6.92 Å². The molecule has 0 saturated heterocycles. The van der Waals surface area contributed by atoms with Crippen LogP contribution in [0.2, 0.25) is 0 Å². The van der Waals surface area contributed by atoms with E-state index in [0.29, 0.717) is 18.5 Å². The van der Waals surface area contributed by atoms with E-state index in [4.69, 9.17) is 15.0 Å². The molecule has 0 saturated carbocycles. The van der Waals surface area contributed by atoms with Crippen LogP contribution in [-0.4, -0.2) is 19.0 Å². The van der Waals surface area contributed by atoms with Gasteiger partial charge in [0.1, 0.15) is 5.75 Å². The number of unbranched alkanes of at least 4 members (excludes halogenated alkanes) is 1. The summed E-state index contributed by atoms with van der Waals surface area (Å²) >= 11 is 0. The van der Waals surface area contributed by atoms with Crippen LogP contribution in [0.5, 0.6) is 5.75 Å². The summed E-state index contributed by atoms with van der Waals surface area (Å²) in [5.41, 5.74) is 7.99. The molecule has 2 aromatic carbocycles. The van der Waals surface area contributed by atoms with Crippen LogP contribution in [0.3, 0.4) is 0 Å². The lowest BCUT2D eigenvalue weighted by atomic mass is 10.1. The van der Waals surface area contributed by atoms with Crippen LogP contribution in [-0.2, 0) is 21.7 Å². The Balaban J connectivity index is 2.00. The zero-order chi connectivity index (χ0) is 18.8. The molecule has 2 atom stereocenters. The summed E-state index contributed by atoms with van der Waals surface area (Å²) in [5.74, 6) is 0.700. The average molecular weight is 375 g/mol. The van der Waals surface area contributed by atoms with E-state index in [-0.39, 0.29) is 12.4 Å². The summed E-state index contributed by atoms with van der Waals surface area (Å²) in [5, 5.41) is 0. The van der Waals surface area contributed by atoms with Crippen molar-refractivity contribution in [2.45, 2.75) is 45.3 Å². The topological polar surface area (TPSA) is 61.5 Å². The van der Waals surface area contributed by atoms with Crippen LogP contribution in [0, 0.1) is 0 Å². The van der Waals surface area contributed by atoms with Crippen molar-refractivity contribution in [1.29, 1.82) is 0 Å². The van der Waals surface area contributed by atoms with Crippen molar-refractivity contribution in [2.24, 2.45) is 5.73 Å². The number of ether oxygens (including phenoxy) is 1. The van der Waals surface area contributed by atoms with Crippen molar-refractivity contribution in [3.63, 3.8) is 0 Å². The Morgan fingerprint density at radius 3 is 2.35 bits per heavy atom. The summed E-state index contributed by atoms with van der Waals surface area (Å²) in [6.07, 6.45) is 3.20. The Hall–Kier alpha value is -1.61. The molecule has 0 aliphatic rings. The quantitative estimate of drug-likeness (QED) is 0.433. The van der Waals surface area contributed by atoms with Gasteiger partial charge in [-0.2, -0.15) is 0 Å². The maximum absolute atomic E-state index is 13.3. The number of hydrogen-bond acceptors (Lipinski definition) is 4. The molecule has 1 unspecified atom stereocenters. The SMILES string of the molecule is CCCCOP(=O)(COc1ccc(C[C@@H](C)N)cc1)Cc1ccccc1. The Labute approximate surface area is 157 Å². The van der Waals surface area contributed by atoms with E-state index in [1.807, 2.05) is 61.5 Å². The zero-order valence-corrected chi connectivity index (χ0v) is 16.7. The van der Waals surface area contributed by atoms with Crippen molar-refractivity contribution >= 4 is 7.37 Å². The van der Waals surface area contributed by atoms with Crippen molar-refractivity contribution in [3.8, 4) is 5.75 Å². The number of nitrogens with two attached hydrogens (primary N) is 1. The fourth-order valence-corrected chi connectivity index (χ4v) is 4.46. The first-order valence-electron chi connectivity index (χ1n) is 9.24. The number of rotatable bonds is 11. The van der Waals surface area contributed by atoms with E-state index in [1.54, 1.807) is 0 Å². The van der Waals surface area contributed by atoms with E-state index in [0.717, 1.165) is 24.8 Å². The monoisotopic (exact) mass is 375 g/mol. The molecule has 2 rings (SSSR count). The molecule has 0 aliphatic heterocycles. The van der Waals surface area contributed by atoms with Crippen LogP contribution in [0.25, 0.3) is 0 Å². The minimum atomic E-state index is -2.91. The van der Waals surface area contributed by atoms with Gasteiger partial charge in [0.25, 0.3) is 0 Å². The molecule has 142 valence electrons. The molecule has 2 N–H and O–H groups in total. The summed E-state index contributed by atoms with van der Waals surface area (Å²) < 4.78 is 24.9. The summed E-state index contributed by atoms with van der Waals surface area (Å²) in [6.45, 7) is 4.57. The van der Waals surface area contributed by atoms with Crippen molar-refractivity contribution in [1.82, 2.24) is 0 Å². The summed E-state index contributed by atoms with van der Waals surface area (Å²) in [4.78, 5) is 0. The van der Waals surface area contributed by atoms with Crippen molar-refractivity contribution < 1.29 is 13.8 Å². The highest BCUT2D eigenvalue weighted by Gasteiger charge is 2.25. The molecule has 0 spiro atoms. The minimum Gasteiger partial charge on any atom is -0.484 e. The molecule has 4 nitrogen and oxygen atoms in total. The first-order chi connectivity index (χ1) is 12.5. The van der Waals surface area contributed by atoms with Gasteiger partial charge < -0.3 is 15.0 Å². The second-order valence-corrected chi connectivity index (χ2v) is 9.21. The molecule has 0 fully saturated rings. The highest BCUT2D eigenvalue weighted by molar-refractivity contribution is 7.58. The first-order valence-corrected chi connectivity index (χ1v) is 11.2. The molecule has 0 bridgehead atoms. The normalized spacial score (nSPS) is 14.6. The minimum absolute atomic E-state index is 0.0816. The maximum Gasteiger partial charge on any atom is 0.243 e. The third-order valence-corrected chi connectivity index (χ3v) is 6.02. The first kappa shape index (κ1) is 20.7. The zero-order valence-electron chi connectivity index (χ0n) is 15.8. The van der Waals surface area contributed by atoms with E-state index in [9.17, 15) is 4.57 Å². The molecular weight excluding hydrogens is 345 g/mol. The summed E-state index contributed by atoms with van der Waals surface area (Å²) in [6, 6.07) is 17.7. The Morgan fingerprint density at radius 1 is 1.04 bits per heavy atom. The standard InChI is InChI=1S/C21H30NO3P/c1-3-4-14-25-26(23,16-20-8-6-5-7-9-20)17-24-21-12-10-19(11-13-21)15-18(2)22/h5-13,18H,3-4,14-17,22H2,1-2H3/t18-,26?/m1/s1. The fourth-order valence-electron chi connectivity index (χ4n) is 2.63. The largest absolute Gasteiger partial charge is 0.484 e. The Bertz CT molecular complexity index is 686. The van der Waals surface area contributed by atoms with Crippen LogP contribution < -0.4 is 10.5 Å². The smallest absolute Gasteiger partial charge is 0.243 e. The predicted octanol–water partition coefficient (Wildman–Crippen LogP) is 5.21. The highest BCUT2D eigenvalue weighted by Crippen LogP contribution is 2.50. The van der Waals surface area contributed by atoms with Crippen LogP contribution in [0.15, 0.2) is 54.6 Å². The van der Waals surface area contributed by atoms with Crippen molar-refractivity contribution in [3.05, 3.63) is 65.7 Å². The third kappa shape index (κ3) is 7.33. The van der Waals surface area contributed by atoms with Gasteiger partial charge in [0.15, 0.2) is 6.35 Å². The molecule has 0 aromatic heterocycles. The molecule has 2 aromatic rings. The van der Waals surface area contributed by atoms with Gasteiger partial charge in [0.2, 0.25) is 7.37 Å². The second kappa shape index (κ2) is 10.5. The molecule has 0 heterocycles. The Kier molecular flexibility index (Phi) is 8.37. The Morgan fingerprint density at radius 2 is 1.73 bits per heavy atom. The van der Waals surface area contributed by atoms with E-state index >= 15 is 0 Å². The van der Waals surface area contributed by atoms with Gasteiger partial charge in [-0.3, -0.25) is 4.57 Å². The maximum atomic E-state index is 13.3. The van der Waals surface area contributed by atoms with E-state index in [1.165, 1.54) is 5.56 Å². The number of hydrogen-bond donors (Lipinski definition) is 1. The van der Waals surface area contributed by atoms with Gasteiger partial charge >= 0.3 is 0 Å². The van der Waals surface area contributed by atoms with Gasteiger partial charge in [-0.15, -0.1) is 0 Å². The molecular formula is C21H30NO3P. The lowest BCUT2D eigenvalue weighted by Crippen LogP contribution is -2.17. The van der Waals surface area contributed by atoms with Gasteiger partial charge in [0.05, 0.1) is 12.8 Å². The predicted molar refractivity (Wildman–Crippen MR) is 108 cm³/mol. The van der Waals surface area contributed by atoms with Crippen LogP contribution >= 0.6 is 7.37 Å². The lowest BCUT2D eigenvalue weighted by molar-refractivity contribution is 0.275. The van der Waals surface area contributed by atoms with Crippen molar-refractivity contribution in [2.75, 3.05) is 13.0 Å².